The van der Waals surface area contributed by atoms with Gasteiger partial charge in [-0.2, -0.15) is 0 Å². The van der Waals surface area contributed by atoms with Gasteiger partial charge in [-0.1, -0.05) is 43.7 Å². The van der Waals surface area contributed by atoms with Crippen LogP contribution in [0, 0.1) is 0 Å². The Bertz CT molecular complexity index is 1230. The zero-order valence-corrected chi connectivity index (χ0v) is 24.5. The van der Waals surface area contributed by atoms with Gasteiger partial charge < -0.3 is 35.0 Å². The number of nitrogens with one attached hydrogen (secondary N) is 2. The average molecular weight is 591 g/mol. The highest BCUT2D eigenvalue weighted by Crippen LogP contribution is 2.35. The minimum absolute atomic E-state index is 0.00405. The molecule has 2 heterocycles. The zero-order chi connectivity index (χ0) is 30.0. The van der Waals surface area contributed by atoms with Gasteiger partial charge in [-0.3, -0.25) is 14.2 Å². The molecular formula is C27H39N6O7P. The Balaban J connectivity index is 1.77. The van der Waals surface area contributed by atoms with E-state index < -0.39 is 37.7 Å². The SMILES string of the molecule is CCCCOC(=O)N1CCN(C(=O)C(CCP(=O)(O)O)NC(=O)c2cc(NC(C)C)nc(-c3ccccc3)n2)CC1. The van der Waals surface area contributed by atoms with E-state index in [1.54, 1.807) is 0 Å². The van der Waals surface area contributed by atoms with Crippen LogP contribution in [-0.4, -0.2) is 98.5 Å². The van der Waals surface area contributed by atoms with Crippen LogP contribution in [0.3, 0.4) is 0 Å². The fourth-order valence-electron chi connectivity index (χ4n) is 4.16. The molecule has 0 saturated carbocycles. The molecule has 0 bridgehead atoms. The minimum Gasteiger partial charge on any atom is -0.449 e. The van der Waals surface area contributed by atoms with E-state index in [9.17, 15) is 28.7 Å². The molecule has 1 aliphatic rings. The molecule has 41 heavy (non-hydrogen) atoms. The van der Waals surface area contributed by atoms with Crippen molar-refractivity contribution < 1.29 is 33.5 Å². The summed E-state index contributed by atoms with van der Waals surface area (Å²) >= 11 is 0. The fourth-order valence-corrected chi connectivity index (χ4v) is 4.76. The van der Waals surface area contributed by atoms with Gasteiger partial charge in [0.15, 0.2) is 5.82 Å². The maximum atomic E-state index is 13.4. The number of nitrogens with zero attached hydrogens (tertiary/aromatic N) is 4. The van der Waals surface area contributed by atoms with E-state index in [0.29, 0.717) is 23.8 Å². The molecule has 1 unspecified atom stereocenters. The Labute approximate surface area is 239 Å². The molecule has 1 fully saturated rings. The van der Waals surface area contributed by atoms with Crippen molar-refractivity contribution in [1.82, 2.24) is 25.1 Å². The van der Waals surface area contributed by atoms with Crippen LogP contribution in [-0.2, 0) is 14.1 Å². The molecule has 1 aromatic heterocycles. The summed E-state index contributed by atoms with van der Waals surface area (Å²) < 4.78 is 16.9. The minimum atomic E-state index is -4.45. The number of hydrogen-bond acceptors (Lipinski definition) is 8. The number of rotatable bonds is 12. The van der Waals surface area contributed by atoms with E-state index in [4.69, 9.17) is 4.74 Å². The Morgan fingerprint density at radius 3 is 2.32 bits per heavy atom. The van der Waals surface area contributed by atoms with Crippen molar-refractivity contribution in [3.05, 3.63) is 42.1 Å². The number of benzene rings is 1. The highest BCUT2D eigenvalue weighted by molar-refractivity contribution is 7.51. The van der Waals surface area contributed by atoms with Crippen molar-refractivity contribution in [3.63, 3.8) is 0 Å². The second kappa shape index (κ2) is 14.9. The quantitative estimate of drug-likeness (QED) is 0.213. The molecule has 2 aromatic rings. The number of aromatic nitrogens is 2. The molecular weight excluding hydrogens is 551 g/mol. The van der Waals surface area contributed by atoms with Crippen molar-refractivity contribution in [2.75, 3.05) is 44.3 Å². The number of ether oxygens (including phenoxy) is 1. The van der Waals surface area contributed by atoms with E-state index in [2.05, 4.69) is 20.6 Å². The summed E-state index contributed by atoms with van der Waals surface area (Å²) in [6, 6.07) is 9.38. The highest BCUT2D eigenvalue weighted by atomic mass is 31.2. The van der Waals surface area contributed by atoms with Gasteiger partial charge in [0.05, 0.1) is 12.8 Å². The van der Waals surface area contributed by atoms with Crippen molar-refractivity contribution in [1.29, 1.82) is 0 Å². The first-order valence-corrected chi connectivity index (χ1v) is 15.5. The van der Waals surface area contributed by atoms with Gasteiger partial charge in [0.25, 0.3) is 5.91 Å². The van der Waals surface area contributed by atoms with E-state index in [-0.39, 0.29) is 44.3 Å². The molecule has 14 heteroatoms. The Morgan fingerprint density at radius 1 is 1.05 bits per heavy atom. The maximum Gasteiger partial charge on any atom is 0.409 e. The van der Waals surface area contributed by atoms with Gasteiger partial charge in [-0.05, 0) is 26.7 Å². The number of unbranched alkanes of at least 4 members (excludes halogenated alkanes) is 1. The van der Waals surface area contributed by atoms with Gasteiger partial charge in [0.1, 0.15) is 17.6 Å². The summed E-state index contributed by atoms with van der Waals surface area (Å²) in [6.45, 7) is 7.04. The van der Waals surface area contributed by atoms with Gasteiger partial charge in [0, 0.05) is 43.9 Å². The molecule has 0 aliphatic carbocycles. The molecule has 0 spiro atoms. The molecule has 1 saturated heterocycles. The Morgan fingerprint density at radius 2 is 1.71 bits per heavy atom. The largest absolute Gasteiger partial charge is 0.449 e. The number of carbonyl (C=O) groups is 3. The monoisotopic (exact) mass is 590 g/mol. The van der Waals surface area contributed by atoms with Crippen LogP contribution in [0.4, 0.5) is 10.6 Å². The summed E-state index contributed by atoms with van der Waals surface area (Å²) in [4.78, 5) is 69.9. The standard InChI is InChI=1S/C27H39N6O7P/c1-4-5-16-40-27(36)33-14-12-32(13-15-33)26(35)21(11-17-41(37,38)39)30-25(34)22-18-23(28-19(2)3)31-24(29-22)20-9-7-6-8-10-20/h6-10,18-19,21H,4-5,11-17H2,1-3H3,(H,30,34)(H,28,29,31)(H2,37,38,39). The Kier molecular flexibility index (Phi) is 11.6. The number of amides is 3. The van der Waals surface area contributed by atoms with E-state index in [1.807, 2.05) is 51.1 Å². The van der Waals surface area contributed by atoms with E-state index in [0.717, 1.165) is 12.8 Å². The lowest BCUT2D eigenvalue weighted by molar-refractivity contribution is -0.134. The van der Waals surface area contributed by atoms with Crippen LogP contribution in [0.25, 0.3) is 11.4 Å². The second-order valence-electron chi connectivity index (χ2n) is 10.1. The molecule has 224 valence electrons. The van der Waals surface area contributed by atoms with E-state index >= 15 is 0 Å². The molecule has 13 nitrogen and oxygen atoms in total. The number of anilines is 1. The first kappa shape index (κ1) is 32.0. The molecule has 0 radical (unpaired) electrons. The molecule has 3 rings (SSSR count). The van der Waals surface area contributed by atoms with Gasteiger partial charge in [-0.15, -0.1) is 0 Å². The summed E-state index contributed by atoms with van der Waals surface area (Å²) in [7, 11) is -4.45. The topological polar surface area (TPSA) is 174 Å². The van der Waals surface area contributed by atoms with Crippen molar-refractivity contribution in [2.45, 2.75) is 52.1 Å². The van der Waals surface area contributed by atoms with Crippen molar-refractivity contribution in [3.8, 4) is 11.4 Å². The molecule has 1 aliphatic heterocycles. The van der Waals surface area contributed by atoms with Crippen LogP contribution < -0.4 is 10.6 Å². The third kappa shape index (κ3) is 10.1. The molecule has 1 atom stereocenters. The normalized spacial score (nSPS) is 14.5. The van der Waals surface area contributed by atoms with Gasteiger partial charge in [0.2, 0.25) is 5.91 Å². The average Bonchev–Trinajstić information content (AvgIpc) is 2.94. The lowest BCUT2D eigenvalue weighted by atomic mass is 10.1. The van der Waals surface area contributed by atoms with Gasteiger partial charge in [-0.25, -0.2) is 14.8 Å². The summed E-state index contributed by atoms with van der Waals surface area (Å²) in [5, 5.41) is 5.79. The van der Waals surface area contributed by atoms with Crippen LogP contribution in [0.15, 0.2) is 36.4 Å². The van der Waals surface area contributed by atoms with E-state index in [1.165, 1.54) is 15.9 Å². The second-order valence-corrected chi connectivity index (χ2v) is 11.9. The van der Waals surface area contributed by atoms with Crippen molar-refractivity contribution >= 4 is 31.3 Å². The summed E-state index contributed by atoms with van der Waals surface area (Å²) in [5.74, 6) is -0.456. The third-order valence-electron chi connectivity index (χ3n) is 6.31. The lowest BCUT2D eigenvalue weighted by Gasteiger charge is -2.36. The fraction of sp³-hybridized carbons (Fsp3) is 0.519. The lowest BCUT2D eigenvalue weighted by Crippen LogP contribution is -2.56. The molecule has 1 aromatic carbocycles. The number of piperazine rings is 1. The molecule has 4 N–H and O–H groups in total. The van der Waals surface area contributed by atoms with Crippen LogP contribution in [0.2, 0.25) is 0 Å². The predicted molar refractivity (Wildman–Crippen MR) is 153 cm³/mol. The number of hydrogen-bond donors (Lipinski definition) is 4. The summed E-state index contributed by atoms with van der Waals surface area (Å²) in [6.07, 6.45) is 0.351. The molecule has 3 amide bonds. The van der Waals surface area contributed by atoms with Gasteiger partial charge >= 0.3 is 13.7 Å². The predicted octanol–water partition coefficient (Wildman–Crippen LogP) is 2.71. The third-order valence-corrected chi connectivity index (χ3v) is 7.15. The highest BCUT2D eigenvalue weighted by Gasteiger charge is 2.32. The smallest absolute Gasteiger partial charge is 0.409 e. The van der Waals surface area contributed by atoms with Crippen LogP contribution in [0.1, 0.15) is 50.5 Å². The Hall–Kier alpha value is -3.54. The maximum absolute atomic E-state index is 13.4. The van der Waals surface area contributed by atoms with Crippen molar-refractivity contribution in [2.24, 2.45) is 0 Å². The summed E-state index contributed by atoms with van der Waals surface area (Å²) in [5.41, 5.74) is 0.685. The zero-order valence-electron chi connectivity index (χ0n) is 23.7. The first-order valence-electron chi connectivity index (χ1n) is 13.7. The van der Waals surface area contributed by atoms with Crippen LogP contribution >= 0.6 is 7.60 Å². The van der Waals surface area contributed by atoms with Crippen LogP contribution in [0.5, 0.6) is 0 Å². The first-order chi connectivity index (χ1) is 19.5. The number of carbonyl (C=O) groups excluding carboxylic acids is 3.